The van der Waals surface area contributed by atoms with E-state index in [2.05, 4.69) is 20.2 Å². The lowest BCUT2D eigenvalue weighted by Gasteiger charge is -2.34. The topological polar surface area (TPSA) is 70.2 Å². The Bertz CT molecular complexity index is 741. The molecular formula is C17H21FN4O2. The second-order valence-electron chi connectivity index (χ2n) is 6.48. The molecule has 4 rings (SSSR count). The van der Waals surface area contributed by atoms with Gasteiger partial charge in [-0.2, -0.15) is 0 Å². The number of H-pyrrole nitrogens is 1. The van der Waals surface area contributed by atoms with Gasteiger partial charge in [-0.15, -0.1) is 0 Å². The quantitative estimate of drug-likeness (QED) is 0.905. The predicted octanol–water partition coefficient (Wildman–Crippen LogP) is 2.28. The van der Waals surface area contributed by atoms with E-state index in [-0.39, 0.29) is 17.8 Å². The van der Waals surface area contributed by atoms with Crippen molar-refractivity contribution in [1.82, 2.24) is 14.9 Å². The van der Waals surface area contributed by atoms with Gasteiger partial charge in [-0.25, -0.2) is 9.37 Å². The van der Waals surface area contributed by atoms with Gasteiger partial charge < -0.3 is 9.72 Å². The molecule has 128 valence electrons. The highest BCUT2D eigenvalue weighted by molar-refractivity contribution is 5.95. The molecule has 2 aliphatic rings. The molecule has 6 nitrogen and oxygen atoms in total. The summed E-state index contributed by atoms with van der Waals surface area (Å²) in [5.41, 5.74) is 1.22. The van der Waals surface area contributed by atoms with Crippen LogP contribution in [0.5, 0.6) is 0 Å². The monoisotopic (exact) mass is 332 g/mol. The Morgan fingerprint density at radius 3 is 3.00 bits per heavy atom. The normalized spacial score (nSPS) is 23.0. The number of halogens is 1. The van der Waals surface area contributed by atoms with Gasteiger partial charge in [-0.1, -0.05) is 0 Å². The molecule has 0 radical (unpaired) electrons. The standard InChI is InChI=1S/C17H21FN4O2/c18-11-3-4-13-14(10-11)20-17(19-13)21-16(23)15-2-1-7-22(15)12-5-8-24-9-6-12/h3-4,10,12,15H,1-2,5-9H2,(H2,19,20,21,23)/t15-/m1/s1. The number of carbonyl (C=O) groups excluding carboxylic acids is 1. The summed E-state index contributed by atoms with van der Waals surface area (Å²) in [5.74, 6) is 0.00320. The van der Waals surface area contributed by atoms with Crippen molar-refractivity contribution in [3.8, 4) is 0 Å². The van der Waals surface area contributed by atoms with Crippen LogP contribution < -0.4 is 5.32 Å². The fourth-order valence-electron chi connectivity index (χ4n) is 3.77. The number of rotatable bonds is 3. The number of aromatic nitrogens is 2. The molecular weight excluding hydrogens is 311 g/mol. The summed E-state index contributed by atoms with van der Waals surface area (Å²) in [6.07, 6.45) is 3.85. The Morgan fingerprint density at radius 1 is 1.33 bits per heavy atom. The summed E-state index contributed by atoms with van der Waals surface area (Å²) in [5, 5.41) is 2.86. The number of nitrogens with zero attached hydrogens (tertiary/aromatic N) is 2. The van der Waals surface area contributed by atoms with Gasteiger partial charge in [0.2, 0.25) is 11.9 Å². The van der Waals surface area contributed by atoms with Gasteiger partial charge in [-0.05, 0) is 50.4 Å². The van der Waals surface area contributed by atoms with Crippen LogP contribution >= 0.6 is 0 Å². The van der Waals surface area contributed by atoms with Crippen molar-refractivity contribution < 1.29 is 13.9 Å². The van der Waals surface area contributed by atoms with E-state index in [1.807, 2.05) is 0 Å². The van der Waals surface area contributed by atoms with E-state index in [0.717, 1.165) is 45.4 Å². The Kier molecular flexibility index (Phi) is 4.20. The molecule has 2 aliphatic heterocycles. The fraction of sp³-hybridized carbons (Fsp3) is 0.529. The molecule has 2 N–H and O–H groups in total. The van der Waals surface area contributed by atoms with Crippen LogP contribution in [0.3, 0.4) is 0 Å². The Balaban J connectivity index is 1.47. The minimum absolute atomic E-state index is 0.0430. The number of benzene rings is 1. The van der Waals surface area contributed by atoms with Crippen LogP contribution in [0.1, 0.15) is 25.7 Å². The molecule has 3 heterocycles. The van der Waals surface area contributed by atoms with Crippen molar-refractivity contribution in [2.24, 2.45) is 0 Å². The van der Waals surface area contributed by atoms with Gasteiger partial charge in [0.1, 0.15) is 5.82 Å². The molecule has 7 heteroatoms. The lowest BCUT2D eigenvalue weighted by Crippen LogP contribution is -2.47. The SMILES string of the molecule is O=C(Nc1nc2ccc(F)cc2[nH]1)[C@H]1CCCN1C1CCOCC1. The first-order chi connectivity index (χ1) is 11.7. The molecule has 24 heavy (non-hydrogen) atoms. The molecule has 0 bridgehead atoms. The summed E-state index contributed by atoms with van der Waals surface area (Å²) < 4.78 is 18.7. The molecule has 1 atom stereocenters. The maximum absolute atomic E-state index is 13.3. The van der Waals surface area contributed by atoms with Crippen LogP contribution in [0.15, 0.2) is 18.2 Å². The van der Waals surface area contributed by atoms with Crippen molar-refractivity contribution in [2.75, 3.05) is 25.1 Å². The molecule has 2 aromatic rings. The lowest BCUT2D eigenvalue weighted by atomic mass is 10.1. The highest BCUT2D eigenvalue weighted by Crippen LogP contribution is 2.26. The highest BCUT2D eigenvalue weighted by Gasteiger charge is 2.36. The summed E-state index contributed by atoms with van der Waals surface area (Å²) in [6, 6.07) is 4.63. The maximum atomic E-state index is 13.3. The Hall–Kier alpha value is -1.99. The zero-order valence-corrected chi connectivity index (χ0v) is 13.4. The number of likely N-dealkylation sites (tertiary alicyclic amines) is 1. The number of anilines is 1. The van der Waals surface area contributed by atoms with E-state index in [1.54, 1.807) is 6.07 Å². The van der Waals surface area contributed by atoms with E-state index < -0.39 is 0 Å². The van der Waals surface area contributed by atoms with Crippen molar-refractivity contribution >= 4 is 22.9 Å². The number of amides is 1. The molecule has 1 aromatic carbocycles. The number of carbonyl (C=O) groups is 1. The van der Waals surface area contributed by atoms with E-state index in [9.17, 15) is 9.18 Å². The minimum Gasteiger partial charge on any atom is -0.381 e. The molecule has 2 saturated heterocycles. The molecule has 0 aliphatic carbocycles. The van der Waals surface area contributed by atoms with Gasteiger partial charge >= 0.3 is 0 Å². The van der Waals surface area contributed by atoms with E-state index in [0.29, 0.717) is 23.0 Å². The largest absolute Gasteiger partial charge is 0.381 e. The zero-order valence-electron chi connectivity index (χ0n) is 13.4. The van der Waals surface area contributed by atoms with Crippen LogP contribution in [0, 0.1) is 5.82 Å². The minimum atomic E-state index is -0.328. The number of hydrogen-bond donors (Lipinski definition) is 2. The average Bonchev–Trinajstić information content (AvgIpc) is 3.21. The van der Waals surface area contributed by atoms with Gasteiger partial charge in [0, 0.05) is 19.3 Å². The van der Waals surface area contributed by atoms with Gasteiger partial charge in [0.25, 0.3) is 0 Å². The number of aromatic amines is 1. The summed E-state index contributed by atoms with van der Waals surface area (Å²) >= 11 is 0. The maximum Gasteiger partial charge on any atom is 0.244 e. The third-order valence-electron chi connectivity index (χ3n) is 4.94. The lowest BCUT2D eigenvalue weighted by molar-refractivity contribution is -0.121. The molecule has 1 amide bonds. The summed E-state index contributed by atoms with van der Waals surface area (Å²) in [4.78, 5) is 22.3. The second kappa shape index (κ2) is 6.49. The third kappa shape index (κ3) is 3.01. The van der Waals surface area contributed by atoms with Crippen molar-refractivity contribution in [3.63, 3.8) is 0 Å². The Labute approximate surface area is 139 Å². The van der Waals surface area contributed by atoms with E-state index >= 15 is 0 Å². The van der Waals surface area contributed by atoms with Crippen molar-refractivity contribution in [2.45, 2.75) is 37.8 Å². The number of imidazole rings is 1. The van der Waals surface area contributed by atoms with Crippen molar-refractivity contribution in [1.29, 1.82) is 0 Å². The number of nitrogens with one attached hydrogen (secondary N) is 2. The third-order valence-corrected chi connectivity index (χ3v) is 4.94. The van der Waals surface area contributed by atoms with Gasteiger partial charge in [-0.3, -0.25) is 15.0 Å². The number of fused-ring (bicyclic) bond motifs is 1. The van der Waals surface area contributed by atoms with Crippen LogP contribution in [0.4, 0.5) is 10.3 Å². The van der Waals surface area contributed by atoms with E-state index in [1.165, 1.54) is 12.1 Å². The zero-order chi connectivity index (χ0) is 16.5. The number of ether oxygens (including phenoxy) is 1. The second-order valence-corrected chi connectivity index (χ2v) is 6.48. The van der Waals surface area contributed by atoms with Crippen LogP contribution in [-0.2, 0) is 9.53 Å². The Morgan fingerprint density at radius 2 is 2.17 bits per heavy atom. The molecule has 1 aromatic heterocycles. The van der Waals surface area contributed by atoms with E-state index in [4.69, 9.17) is 4.74 Å². The summed E-state index contributed by atoms with van der Waals surface area (Å²) in [6.45, 7) is 2.49. The molecule has 0 spiro atoms. The number of hydrogen-bond acceptors (Lipinski definition) is 4. The smallest absolute Gasteiger partial charge is 0.244 e. The van der Waals surface area contributed by atoms with Crippen LogP contribution in [0.25, 0.3) is 11.0 Å². The van der Waals surface area contributed by atoms with Crippen LogP contribution in [-0.4, -0.2) is 52.6 Å². The van der Waals surface area contributed by atoms with Crippen molar-refractivity contribution in [3.05, 3.63) is 24.0 Å². The molecule has 2 fully saturated rings. The molecule has 0 saturated carbocycles. The predicted molar refractivity (Wildman–Crippen MR) is 88.3 cm³/mol. The average molecular weight is 332 g/mol. The van der Waals surface area contributed by atoms with Gasteiger partial charge in [0.05, 0.1) is 17.1 Å². The highest BCUT2D eigenvalue weighted by atomic mass is 19.1. The molecule has 0 unspecified atom stereocenters. The first-order valence-electron chi connectivity index (χ1n) is 8.50. The first-order valence-corrected chi connectivity index (χ1v) is 8.50. The van der Waals surface area contributed by atoms with Gasteiger partial charge in [0.15, 0.2) is 0 Å². The first kappa shape index (κ1) is 15.5. The summed E-state index contributed by atoms with van der Waals surface area (Å²) in [7, 11) is 0. The van der Waals surface area contributed by atoms with Crippen LogP contribution in [0.2, 0.25) is 0 Å². The fourth-order valence-corrected chi connectivity index (χ4v) is 3.77.